The van der Waals surface area contributed by atoms with Crippen molar-refractivity contribution in [1.29, 1.82) is 0 Å². The van der Waals surface area contributed by atoms with Crippen LogP contribution in [0.2, 0.25) is 0 Å². The Morgan fingerprint density at radius 2 is 2.11 bits per heavy atom. The fourth-order valence-corrected chi connectivity index (χ4v) is 1.46. The summed E-state index contributed by atoms with van der Waals surface area (Å²) in [5.74, 6) is -0.723. The molecule has 0 amide bonds. The van der Waals surface area contributed by atoms with Crippen LogP contribution >= 0.6 is 0 Å². The lowest BCUT2D eigenvalue weighted by atomic mass is 9.90. The van der Waals surface area contributed by atoms with Crippen molar-refractivity contribution in [3.8, 4) is 0 Å². The van der Waals surface area contributed by atoms with Crippen LogP contribution in [0, 0.1) is 5.92 Å². The van der Waals surface area contributed by atoms with Crippen molar-refractivity contribution in [2.75, 3.05) is 6.67 Å². The van der Waals surface area contributed by atoms with Gasteiger partial charge in [-0.15, -0.1) is 0 Å². The first-order valence-corrected chi connectivity index (χ1v) is 5.74. The number of carbonyl (C=O) groups is 2. The third-order valence-corrected chi connectivity index (χ3v) is 2.49. The molecular weight excluding hydrogens is 237 g/mol. The van der Waals surface area contributed by atoms with Crippen molar-refractivity contribution in [2.45, 2.75) is 27.2 Å². The van der Waals surface area contributed by atoms with Crippen molar-refractivity contribution in [2.24, 2.45) is 11.1 Å². The van der Waals surface area contributed by atoms with E-state index in [-0.39, 0.29) is 18.1 Å². The maximum atomic E-state index is 11.9. The third-order valence-electron chi connectivity index (χ3n) is 2.49. The minimum absolute atomic E-state index is 0.0588. The fraction of sp³-hybridized carbons (Fsp3) is 0.462. The molecule has 98 valence electrons. The number of hydrogen-bond acceptors (Lipinski definition) is 4. The van der Waals surface area contributed by atoms with Crippen LogP contribution in [0.25, 0.3) is 0 Å². The number of allylic oxidation sites excluding steroid dienone is 4. The van der Waals surface area contributed by atoms with Crippen LogP contribution in [0.5, 0.6) is 0 Å². The van der Waals surface area contributed by atoms with Crippen molar-refractivity contribution in [3.63, 3.8) is 0 Å². The van der Waals surface area contributed by atoms with Crippen LogP contribution in [0.4, 0.5) is 4.39 Å². The first kappa shape index (κ1) is 14.3. The highest BCUT2D eigenvalue weighted by Gasteiger charge is 2.19. The second kappa shape index (κ2) is 6.23. The highest BCUT2D eigenvalue weighted by atomic mass is 19.1. The molecule has 0 saturated heterocycles. The molecule has 18 heavy (non-hydrogen) atoms. The molecular formula is C13H16FNO3. The van der Waals surface area contributed by atoms with Gasteiger partial charge in [-0.3, -0.25) is 9.18 Å². The van der Waals surface area contributed by atoms with Crippen LogP contribution < -0.4 is 0 Å². The van der Waals surface area contributed by atoms with Gasteiger partial charge in [0.1, 0.15) is 5.71 Å². The standard InChI is InChI=1S/C13H16FNO3/c1-8(2)10-7-11(9(3)6-12(10)16)15-18-13(17)4-5-14/h6-8H,4-5H2,1-3H3/b15-11-. The van der Waals surface area contributed by atoms with Gasteiger partial charge in [0.25, 0.3) is 0 Å². The lowest BCUT2D eigenvalue weighted by Crippen LogP contribution is -2.16. The summed E-state index contributed by atoms with van der Waals surface area (Å²) >= 11 is 0. The predicted octanol–water partition coefficient (Wildman–Crippen LogP) is 2.36. The van der Waals surface area contributed by atoms with E-state index >= 15 is 0 Å². The molecule has 0 heterocycles. The highest BCUT2D eigenvalue weighted by molar-refractivity contribution is 6.21. The minimum Gasteiger partial charge on any atom is -0.318 e. The molecule has 4 nitrogen and oxygen atoms in total. The van der Waals surface area contributed by atoms with Crippen LogP contribution in [-0.2, 0) is 14.4 Å². The van der Waals surface area contributed by atoms with Crippen LogP contribution in [0.1, 0.15) is 27.2 Å². The van der Waals surface area contributed by atoms with Crippen LogP contribution in [-0.4, -0.2) is 24.1 Å². The van der Waals surface area contributed by atoms with Crippen molar-refractivity contribution in [1.82, 2.24) is 0 Å². The molecule has 0 fully saturated rings. The van der Waals surface area contributed by atoms with E-state index in [0.29, 0.717) is 16.9 Å². The first-order valence-electron chi connectivity index (χ1n) is 5.74. The molecule has 0 aromatic rings. The van der Waals surface area contributed by atoms with Gasteiger partial charge in [0.2, 0.25) is 0 Å². The zero-order chi connectivity index (χ0) is 13.7. The zero-order valence-electron chi connectivity index (χ0n) is 10.7. The van der Waals surface area contributed by atoms with E-state index in [9.17, 15) is 14.0 Å². The Kier molecular flexibility index (Phi) is 4.95. The molecule has 0 radical (unpaired) electrons. The molecule has 0 spiro atoms. The number of rotatable bonds is 4. The molecule has 1 aliphatic carbocycles. The molecule has 5 heteroatoms. The molecule has 0 aromatic heterocycles. The largest absolute Gasteiger partial charge is 0.337 e. The van der Waals surface area contributed by atoms with Gasteiger partial charge in [-0.1, -0.05) is 19.0 Å². The topological polar surface area (TPSA) is 55.7 Å². The summed E-state index contributed by atoms with van der Waals surface area (Å²) in [7, 11) is 0. The van der Waals surface area contributed by atoms with Crippen molar-refractivity contribution >= 4 is 17.5 Å². The van der Waals surface area contributed by atoms with Gasteiger partial charge in [0, 0.05) is 5.57 Å². The Morgan fingerprint density at radius 1 is 1.44 bits per heavy atom. The van der Waals surface area contributed by atoms with E-state index in [0.717, 1.165) is 0 Å². The number of carbonyl (C=O) groups excluding carboxylic acids is 2. The smallest absolute Gasteiger partial charge is 0.318 e. The van der Waals surface area contributed by atoms with E-state index in [1.54, 1.807) is 13.0 Å². The van der Waals surface area contributed by atoms with Crippen LogP contribution in [0.15, 0.2) is 28.5 Å². The number of halogens is 1. The molecule has 1 rings (SSSR count). The molecule has 0 unspecified atom stereocenters. The first-order chi connectivity index (χ1) is 8.45. The van der Waals surface area contributed by atoms with Gasteiger partial charge in [-0.25, -0.2) is 4.79 Å². The monoisotopic (exact) mass is 253 g/mol. The number of hydrogen-bond donors (Lipinski definition) is 0. The van der Waals surface area contributed by atoms with Gasteiger partial charge < -0.3 is 4.84 Å². The summed E-state index contributed by atoms with van der Waals surface area (Å²) in [4.78, 5) is 27.2. The third kappa shape index (κ3) is 3.61. The second-order valence-corrected chi connectivity index (χ2v) is 4.32. The normalized spacial score (nSPS) is 17.8. The highest BCUT2D eigenvalue weighted by Crippen LogP contribution is 2.19. The molecule has 1 aliphatic rings. The van der Waals surface area contributed by atoms with Crippen LogP contribution in [0.3, 0.4) is 0 Å². The average molecular weight is 253 g/mol. The Labute approximate surface area is 105 Å². The lowest BCUT2D eigenvalue weighted by molar-refractivity contribution is -0.143. The minimum atomic E-state index is -0.774. The van der Waals surface area contributed by atoms with Crippen molar-refractivity contribution in [3.05, 3.63) is 23.3 Å². The maximum Gasteiger partial charge on any atom is 0.337 e. The van der Waals surface area contributed by atoms with E-state index < -0.39 is 12.6 Å². The summed E-state index contributed by atoms with van der Waals surface area (Å²) in [6.07, 6.45) is 2.74. The Morgan fingerprint density at radius 3 is 2.67 bits per heavy atom. The quantitative estimate of drug-likeness (QED) is 0.439. The molecule has 0 saturated carbocycles. The van der Waals surface area contributed by atoms with Gasteiger partial charge in [-0.05, 0) is 30.6 Å². The Bertz CT molecular complexity index is 447. The molecule has 0 aliphatic heterocycles. The maximum absolute atomic E-state index is 11.9. The van der Waals surface area contributed by atoms with Gasteiger partial charge >= 0.3 is 5.97 Å². The van der Waals surface area contributed by atoms with Crippen molar-refractivity contribution < 1.29 is 18.8 Å². The van der Waals surface area contributed by atoms with Gasteiger partial charge in [0.05, 0.1) is 13.1 Å². The number of alkyl halides is 1. The summed E-state index contributed by atoms with van der Waals surface area (Å²) in [6, 6.07) is 0. The fourth-order valence-electron chi connectivity index (χ4n) is 1.46. The van der Waals surface area contributed by atoms with E-state index in [2.05, 4.69) is 9.99 Å². The summed E-state index contributed by atoms with van der Waals surface area (Å²) in [6.45, 7) is 4.72. The summed E-state index contributed by atoms with van der Waals surface area (Å²) < 4.78 is 11.9. The second-order valence-electron chi connectivity index (χ2n) is 4.32. The Balaban J connectivity index is 2.87. The molecule has 0 N–H and O–H groups in total. The molecule has 0 aromatic carbocycles. The molecule has 0 bridgehead atoms. The number of nitrogens with zero attached hydrogens (tertiary/aromatic N) is 1. The van der Waals surface area contributed by atoms with E-state index in [4.69, 9.17) is 0 Å². The zero-order valence-corrected chi connectivity index (χ0v) is 10.7. The molecule has 0 atom stereocenters. The van der Waals surface area contributed by atoms with E-state index in [1.807, 2.05) is 13.8 Å². The average Bonchev–Trinajstić information content (AvgIpc) is 2.27. The number of ketones is 1. The summed E-state index contributed by atoms with van der Waals surface area (Å²) in [5.41, 5.74) is 1.66. The number of oxime groups is 1. The Hall–Kier alpha value is -1.78. The predicted molar refractivity (Wildman–Crippen MR) is 65.8 cm³/mol. The van der Waals surface area contributed by atoms with Gasteiger partial charge in [-0.2, -0.15) is 0 Å². The summed E-state index contributed by atoms with van der Waals surface area (Å²) in [5, 5.41) is 3.65. The van der Waals surface area contributed by atoms with Gasteiger partial charge in [0.15, 0.2) is 5.78 Å². The SMILES string of the molecule is CC1=CC(=O)C(C(C)C)=C/C1=N/OC(=O)CCF. The van der Waals surface area contributed by atoms with E-state index in [1.165, 1.54) is 6.08 Å². The lowest BCUT2D eigenvalue weighted by Gasteiger charge is -2.14.